The highest BCUT2D eigenvalue weighted by atomic mass is 16.5. The molecule has 3 heteroatoms. The number of carbonyl (C=O) groups excluding carboxylic acids is 1. The first-order valence-electron chi connectivity index (χ1n) is 8.36. The molecule has 1 fully saturated rings. The second kappa shape index (κ2) is 7.32. The molecule has 1 aliphatic carbocycles. The molecule has 3 nitrogen and oxygen atoms in total. The Labute approximate surface area is 137 Å². The van der Waals surface area contributed by atoms with Crippen molar-refractivity contribution in [3.63, 3.8) is 0 Å². The monoisotopic (exact) mass is 309 g/mol. The van der Waals surface area contributed by atoms with Gasteiger partial charge in [0.1, 0.15) is 5.75 Å². The molecule has 1 saturated carbocycles. The van der Waals surface area contributed by atoms with E-state index in [0.29, 0.717) is 17.2 Å². The largest absolute Gasteiger partial charge is 0.423 e. The Kier molecular flexibility index (Phi) is 4.96. The number of rotatable bonds is 4. The first-order chi connectivity index (χ1) is 11.3. The number of carbonyl (C=O) groups is 1. The number of hydrogen-bond donors (Lipinski definition) is 1. The van der Waals surface area contributed by atoms with Gasteiger partial charge < -0.3 is 10.1 Å². The smallest absolute Gasteiger partial charge is 0.343 e. The van der Waals surface area contributed by atoms with Gasteiger partial charge in [-0.1, -0.05) is 31.4 Å². The first kappa shape index (κ1) is 15.6. The number of benzene rings is 2. The van der Waals surface area contributed by atoms with Crippen LogP contribution in [0.3, 0.4) is 0 Å². The summed E-state index contributed by atoms with van der Waals surface area (Å²) in [6, 6.07) is 15.3. The summed E-state index contributed by atoms with van der Waals surface area (Å²) in [5.74, 6) is 0.952. The van der Waals surface area contributed by atoms with Crippen LogP contribution in [-0.4, -0.2) is 13.0 Å². The summed E-state index contributed by atoms with van der Waals surface area (Å²) in [4.78, 5) is 12.2. The van der Waals surface area contributed by atoms with Crippen molar-refractivity contribution in [2.24, 2.45) is 0 Å². The topological polar surface area (TPSA) is 38.3 Å². The van der Waals surface area contributed by atoms with Gasteiger partial charge in [0.15, 0.2) is 0 Å². The maximum absolute atomic E-state index is 12.2. The average Bonchev–Trinajstić information content (AvgIpc) is 2.63. The molecule has 2 aromatic rings. The van der Waals surface area contributed by atoms with Crippen LogP contribution in [0.15, 0.2) is 48.5 Å². The molecular formula is C20H23NO2. The predicted molar refractivity (Wildman–Crippen MR) is 93.2 cm³/mol. The number of nitrogens with one attached hydrogen (secondary N) is 1. The second-order valence-corrected chi connectivity index (χ2v) is 6.12. The summed E-state index contributed by atoms with van der Waals surface area (Å²) in [7, 11) is 1.85. The minimum Gasteiger partial charge on any atom is -0.423 e. The number of hydrogen-bond acceptors (Lipinski definition) is 3. The van der Waals surface area contributed by atoms with Crippen molar-refractivity contribution in [2.45, 2.75) is 38.0 Å². The van der Waals surface area contributed by atoms with Crippen molar-refractivity contribution >= 4 is 11.7 Å². The summed E-state index contributed by atoms with van der Waals surface area (Å²) in [5.41, 5.74) is 2.89. The van der Waals surface area contributed by atoms with E-state index >= 15 is 0 Å². The van der Waals surface area contributed by atoms with E-state index in [9.17, 15) is 4.79 Å². The van der Waals surface area contributed by atoms with Crippen molar-refractivity contribution in [3.05, 3.63) is 59.7 Å². The molecule has 23 heavy (non-hydrogen) atoms. The van der Waals surface area contributed by atoms with Crippen molar-refractivity contribution in [3.8, 4) is 5.75 Å². The lowest BCUT2D eigenvalue weighted by Gasteiger charge is -2.22. The Morgan fingerprint density at radius 1 is 0.957 bits per heavy atom. The molecule has 0 saturated heterocycles. The van der Waals surface area contributed by atoms with Gasteiger partial charge in [0.25, 0.3) is 0 Å². The third-order valence-electron chi connectivity index (χ3n) is 4.58. The van der Waals surface area contributed by atoms with Crippen molar-refractivity contribution in [1.29, 1.82) is 0 Å². The summed E-state index contributed by atoms with van der Waals surface area (Å²) in [6.07, 6.45) is 6.56. The van der Waals surface area contributed by atoms with Crippen LogP contribution in [0.4, 0.5) is 5.69 Å². The Balaban J connectivity index is 1.63. The highest BCUT2D eigenvalue weighted by Crippen LogP contribution is 2.33. The summed E-state index contributed by atoms with van der Waals surface area (Å²) in [6.45, 7) is 0. The Morgan fingerprint density at radius 2 is 1.61 bits per heavy atom. The van der Waals surface area contributed by atoms with Crippen LogP contribution in [0.2, 0.25) is 0 Å². The van der Waals surface area contributed by atoms with E-state index in [1.807, 2.05) is 31.3 Å². The summed E-state index contributed by atoms with van der Waals surface area (Å²) in [5, 5.41) is 3.03. The zero-order valence-corrected chi connectivity index (χ0v) is 13.5. The van der Waals surface area contributed by atoms with E-state index in [1.165, 1.54) is 37.7 Å². The van der Waals surface area contributed by atoms with E-state index in [0.717, 1.165) is 5.69 Å². The summed E-state index contributed by atoms with van der Waals surface area (Å²) >= 11 is 0. The lowest BCUT2D eigenvalue weighted by molar-refractivity contribution is 0.0735. The van der Waals surface area contributed by atoms with Crippen LogP contribution in [-0.2, 0) is 0 Å². The number of esters is 1. The average molecular weight is 309 g/mol. The third kappa shape index (κ3) is 3.92. The SMILES string of the molecule is CNc1ccc(C(=O)Oc2ccc(C3CCCCC3)cc2)cc1. The second-order valence-electron chi connectivity index (χ2n) is 6.12. The molecule has 0 unspecified atom stereocenters. The molecule has 0 heterocycles. The molecule has 1 N–H and O–H groups in total. The lowest BCUT2D eigenvalue weighted by atomic mass is 9.84. The standard InChI is InChI=1S/C20H23NO2/c1-21-18-11-7-17(8-12-18)20(22)23-19-13-9-16(10-14-19)15-5-3-2-4-6-15/h7-15,21H,2-6H2,1H3. The van der Waals surface area contributed by atoms with Gasteiger partial charge in [-0.3, -0.25) is 0 Å². The van der Waals surface area contributed by atoms with Crippen LogP contribution in [0.1, 0.15) is 53.9 Å². The quantitative estimate of drug-likeness (QED) is 0.638. The Morgan fingerprint density at radius 3 is 2.22 bits per heavy atom. The van der Waals surface area contributed by atoms with Gasteiger partial charge in [0.2, 0.25) is 0 Å². The Bertz CT molecular complexity index is 640. The maximum Gasteiger partial charge on any atom is 0.343 e. The van der Waals surface area contributed by atoms with Gasteiger partial charge in [-0.15, -0.1) is 0 Å². The molecule has 0 aromatic heterocycles. The van der Waals surface area contributed by atoms with E-state index < -0.39 is 0 Å². The van der Waals surface area contributed by atoms with Crippen LogP contribution >= 0.6 is 0 Å². The van der Waals surface area contributed by atoms with Gasteiger partial charge in [-0.2, -0.15) is 0 Å². The van der Waals surface area contributed by atoms with Crippen LogP contribution in [0.5, 0.6) is 5.75 Å². The van der Waals surface area contributed by atoms with Gasteiger partial charge in [0.05, 0.1) is 5.56 Å². The van der Waals surface area contributed by atoms with Gasteiger partial charge in [-0.05, 0) is 60.7 Å². The van der Waals surface area contributed by atoms with Crippen molar-refractivity contribution < 1.29 is 9.53 Å². The molecule has 120 valence electrons. The molecule has 0 atom stereocenters. The fourth-order valence-electron chi connectivity index (χ4n) is 3.18. The molecule has 0 spiro atoms. The maximum atomic E-state index is 12.2. The van der Waals surface area contributed by atoms with Gasteiger partial charge >= 0.3 is 5.97 Å². The number of ether oxygens (including phenoxy) is 1. The van der Waals surface area contributed by atoms with E-state index in [4.69, 9.17) is 4.74 Å². The Hall–Kier alpha value is -2.29. The molecule has 0 bridgehead atoms. The van der Waals surface area contributed by atoms with Crippen molar-refractivity contribution in [1.82, 2.24) is 0 Å². The number of anilines is 1. The lowest BCUT2D eigenvalue weighted by Crippen LogP contribution is -2.09. The fraction of sp³-hybridized carbons (Fsp3) is 0.350. The van der Waals surface area contributed by atoms with E-state index in [2.05, 4.69) is 17.4 Å². The molecule has 0 amide bonds. The highest BCUT2D eigenvalue weighted by molar-refractivity contribution is 5.91. The van der Waals surface area contributed by atoms with Gasteiger partial charge in [-0.25, -0.2) is 4.79 Å². The first-order valence-corrected chi connectivity index (χ1v) is 8.36. The van der Waals surface area contributed by atoms with E-state index in [-0.39, 0.29) is 5.97 Å². The van der Waals surface area contributed by atoms with Gasteiger partial charge in [0, 0.05) is 12.7 Å². The zero-order valence-electron chi connectivity index (χ0n) is 13.5. The molecule has 0 radical (unpaired) electrons. The molecule has 0 aliphatic heterocycles. The molecule has 2 aromatic carbocycles. The fourth-order valence-corrected chi connectivity index (χ4v) is 3.18. The molecular weight excluding hydrogens is 286 g/mol. The minimum absolute atomic E-state index is 0.321. The molecule has 1 aliphatic rings. The van der Waals surface area contributed by atoms with E-state index in [1.54, 1.807) is 12.1 Å². The van der Waals surface area contributed by atoms with Crippen LogP contribution < -0.4 is 10.1 Å². The summed E-state index contributed by atoms with van der Waals surface area (Å²) < 4.78 is 5.46. The normalized spacial score (nSPS) is 15.2. The highest BCUT2D eigenvalue weighted by Gasteiger charge is 2.15. The predicted octanol–water partition coefficient (Wildman–Crippen LogP) is 5.00. The molecule has 3 rings (SSSR count). The minimum atomic E-state index is -0.321. The van der Waals surface area contributed by atoms with Crippen LogP contribution in [0, 0.1) is 0 Å². The zero-order chi connectivity index (χ0) is 16.1. The van der Waals surface area contributed by atoms with Crippen molar-refractivity contribution in [2.75, 3.05) is 12.4 Å². The van der Waals surface area contributed by atoms with Crippen LogP contribution in [0.25, 0.3) is 0 Å². The third-order valence-corrected chi connectivity index (χ3v) is 4.58.